The second-order valence-electron chi connectivity index (χ2n) is 5.44. The largest absolute Gasteiger partial charge is 0.507 e. The van der Waals surface area contributed by atoms with Gasteiger partial charge in [-0.15, -0.1) is 11.6 Å². The molecule has 0 fully saturated rings. The van der Waals surface area contributed by atoms with E-state index in [9.17, 15) is 5.11 Å². The third-order valence-electron chi connectivity index (χ3n) is 4.48. The van der Waals surface area contributed by atoms with E-state index in [0.29, 0.717) is 23.6 Å². The van der Waals surface area contributed by atoms with Crippen molar-refractivity contribution in [1.82, 2.24) is 0 Å². The van der Waals surface area contributed by atoms with Gasteiger partial charge in [-0.1, -0.05) is 18.2 Å². The SMILES string of the molecule is Cc1cccc2c(O)cc3c(c12)C(CCl)[C@H](C)N3C. The molecule has 100 valence electrons. The Kier molecular flexibility index (Phi) is 2.86. The summed E-state index contributed by atoms with van der Waals surface area (Å²) in [6.45, 7) is 4.28. The van der Waals surface area contributed by atoms with Crippen molar-refractivity contribution in [3.63, 3.8) is 0 Å². The smallest absolute Gasteiger partial charge is 0.125 e. The number of halogens is 1. The number of aryl methyl sites for hydroxylation is 1. The van der Waals surface area contributed by atoms with Crippen molar-refractivity contribution in [2.45, 2.75) is 25.8 Å². The number of likely N-dealkylation sites (N-methyl/N-ethyl adjacent to an activating group) is 1. The number of fused-ring (bicyclic) bond motifs is 3. The minimum Gasteiger partial charge on any atom is -0.507 e. The zero-order chi connectivity index (χ0) is 13.7. The molecule has 3 heteroatoms. The summed E-state index contributed by atoms with van der Waals surface area (Å²) < 4.78 is 0. The highest BCUT2D eigenvalue weighted by atomic mass is 35.5. The number of alkyl halides is 1. The van der Waals surface area contributed by atoms with Gasteiger partial charge in [0.2, 0.25) is 0 Å². The molecule has 19 heavy (non-hydrogen) atoms. The molecule has 0 saturated heterocycles. The second-order valence-corrected chi connectivity index (χ2v) is 5.75. The Bertz CT molecular complexity index is 653. The van der Waals surface area contributed by atoms with E-state index < -0.39 is 0 Å². The molecule has 2 nitrogen and oxygen atoms in total. The molecule has 1 aliphatic heterocycles. The van der Waals surface area contributed by atoms with Gasteiger partial charge in [-0.2, -0.15) is 0 Å². The highest BCUT2D eigenvalue weighted by Crippen LogP contribution is 2.48. The summed E-state index contributed by atoms with van der Waals surface area (Å²) in [5, 5.41) is 12.4. The molecule has 0 aliphatic carbocycles. The van der Waals surface area contributed by atoms with E-state index in [1.54, 1.807) is 0 Å². The van der Waals surface area contributed by atoms with Gasteiger partial charge in [0.05, 0.1) is 0 Å². The van der Waals surface area contributed by atoms with Gasteiger partial charge in [-0.3, -0.25) is 0 Å². The van der Waals surface area contributed by atoms with Crippen LogP contribution in [0.5, 0.6) is 5.75 Å². The number of anilines is 1. The maximum atomic E-state index is 10.3. The molecule has 2 atom stereocenters. The molecular weight excluding hydrogens is 258 g/mol. The van der Waals surface area contributed by atoms with Gasteiger partial charge in [-0.25, -0.2) is 0 Å². The number of aromatic hydroxyl groups is 1. The molecule has 0 spiro atoms. The molecule has 2 aromatic carbocycles. The average molecular weight is 276 g/mol. The Morgan fingerprint density at radius 1 is 1.37 bits per heavy atom. The van der Waals surface area contributed by atoms with Crippen molar-refractivity contribution in [1.29, 1.82) is 0 Å². The number of hydrogen-bond acceptors (Lipinski definition) is 2. The zero-order valence-corrected chi connectivity index (χ0v) is 12.2. The van der Waals surface area contributed by atoms with Crippen LogP contribution in [0.15, 0.2) is 24.3 Å². The standard InChI is InChI=1S/C16H18ClNO/c1-9-5-4-6-11-14(19)7-13-16(15(9)11)12(8-17)10(2)18(13)3/h4-7,10,12,19H,8H2,1-3H3/t10-,12?/m0/s1. The third kappa shape index (κ3) is 1.63. The van der Waals surface area contributed by atoms with Crippen molar-refractivity contribution in [3.05, 3.63) is 35.4 Å². The van der Waals surface area contributed by atoms with E-state index in [0.717, 1.165) is 11.1 Å². The molecule has 0 bridgehead atoms. The molecule has 1 heterocycles. The number of hydrogen-bond donors (Lipinski definition) is 1. The lowest BCUT2D eigenvalue weighted by Crippen LogP contribution is -2.27. The van der Waals surface area contributed by atoms with E-state index in [-0.39, 0.29) is 0 Å². The lowest BCUT2D eigenvalue weighted by atomic mass is 9.90. The lowest BCUT2D eigenvalue weighted by Gasteiger charge is -2.21. The Hall–Kier alpha value is -1.41. The number of nitrogens with zero attached hydrogens (tertiary/aromatic N) is 1. The van der Waals surface area contributed by atoms with E-state index in [1.165, 1.54) is 16.5 Å². The molecule has 1 unspecified atom stereocenters. The zero-order valence-electron chi connectivity index (χ0n) is 11.4. The number of phenolic OH excluding ortho intramolecular Hbond substituents is 1. The molecule has 3 rings (SSSR count). The van der Waals surface area contributed by atoms with Crippen molar-refractivity contribution >= 4 is 28.1 Å². The normalized spacial score (nSPS) is 22.0. The van der Waals surface area contributed by atoms with Crippen LogP contribution >= 0.6 is 11.6 Å². The first-order chi connectivity index (χ1) is 9.06. The van der Waals surface area contributed by atoms with Crippen molar-refractivity contribution in [2.24, 2.45) is 0 Å². The van der Waals surface area contributed by atoms with Gasteiger partial charge in [0, 0.05) is 42.0 Å². The number of benzene rings is 2. The molecule has 2 aromatic rings. The van der Waals surface area contributed by atoms with Crippen LogP contribution < -0.4 is 4.90 Å². The molecule has 1 aliphatic rings. The van der Waals surface area contributed by atoms with Gasteiger partial charge in [0.1, 0.15) is 5.75 Å². The minimum atomic E-state index is 0.311. The van der Waals surface area contributed by atoms with Crippen LogP contribution in [0, 0.1) is 6.92 Å². The van der Waals surface area contributed by atoms with Crippen LogP contribution in [0.2, 0.25) is 0 Å². The summed E-state index contributed by atoms with van der Waals surface area (Å²) in [6, 6.07) is 8.29. The second kappa shape index (κ2) is 4.31. The van der Waals surface area contributed by atoms with Crippen molar-refractivity contribution < 1.29 is 5.11 Å². The molecular formula is C16H18ClNO. The Balaban J connectivity index is 2.44. The first-order valence-electron chi connectivity index (χ1n) is 6.60. The fourth-order valence-electron chi connectivity index (χ4n) is 3.26. The summed E-state index contributed by atoms with van der Waals surface area (Å²) in [4.78, 5) is 2.22. The van der Waals surface area contributed by atoms with Gasteiger partial charge in [0.15, 0.2) is 0 Å². The average Bonchev–Trinajstić information content (AvgIpc) is 2.63. The van der Waals surface area contributed by atoms with Gasteiger partial charge in [-0.05, 0) is 30.4 Å². The van der Waals surface area contributed by atoms with Crippen LogP contribution in [0.25, 0.3) is 10.8 Å². The maximum absolute atomic E-state index is 10.3. The third-order valence-corrected chi connectivity index (χ3v) is 4.81. The van der Waals surface area contributed by atoms with Crippen LogP contribution in [0.1, 0.15) is 24.0 Å². The monoisotopic (exact) mass is 275 g/mol. The number of phenols is 1. The van der Waals surface area contributed by atoms with Crippen molar-refractivity contribution in [2.75, 3.05) is 17.8 Å². The fraction of sp³-hybridized carbons (Fsp3) is 0.375. The van der Waals surface area contributed by atoms with Gasteiger partial charge in [0.25, 0.3) is 0 Å². The summed E-state index contributed by atoms with van der Waals surface area (Å²) in [7, 11) is 2.07. The fourth-order valence-corrected chi connectivity index (χ4v) is 3.67. The van der Waals surface area contributed by atoms with Crippen LogP contribution in [0.3, 0.4) is 0 Å². The van der Waals surface area contributed by atoms with E-state index >= 15 is 0 Å². The topological polar surface area (TPSA) is 23.5 Å². The highest BCUT2D eigenvalue weighted by molar-refractivity contribution is 6.19. The summed E-state index contributed by atoms with van der Waals surface area (Å²) >= 11 is 6.20. The van der Waals surface area contributed by atoms with Crippen LogP contribution in [-0.2, 0) is 0 Å². The van der Waals surface area contributed by atoms with Gasteiger partial charge >= 0.3 is 0 Å². The van der Waals surface area contributed by atoms with Crippen LogP contribution in [-0.4, -0.2) is 24.1 Å². The predicted molar refractivity (Wildman–Crippen MR) is 81.7 cm³/mol. The highest BCUT2D eigenvalue weighted by Gasteiger charge is 2.35. The van der Waals surface area contributed by atoms with Gasteiger partial charge < -0.3 is 10.0 Å². The molecule has 1 N–H and O–H groups in total. The summed E-state index contributed by atoms with van der Waals surface area (Å²) in [5.41, 5.74) is 3.59. The quantitative estimate of drug-likeness (QED) is 0.795. The van der Waals surface area contributed by atoms with Crippen molar-refractivity contribution in [3.8, 4) is 5.75 Å². The molecule has 0 saturated carbocycles. The first kappa shape index (κ1) is 12.6. The number of rotatable bonds is 1. The Labute approximate surface area is 118 Å². The van der Waals surface area contributed by atoms with E-state index in [2.05, 4.69) is 31.9 Å². The van der Waals surface area contributed by atoms with E-state index in [1.807, 2.05) is 18.2 Å². The minimum absolute atomic E-state index is 0.311. The first-order valence-corrected chi connectivity index (χ1v) is 7.13. The lowest BCUT2D eigenvalue weighted by molar-refractivity contribution is 0.481. The Morgan fingerprint density at radius 2 is 2.11 bits per heavy atom. The predicted octanol–water partition coefficient (Wildman–Crippen LogP) is 4.01. The summed E-state index contributed by atoms with van der Waals surface area (Å²) in [5.74, 6) is 1.27. The maximum Gasteiger partial charge on any atom is 0.125 e. The molecule has 0 radical (unpaired) electrons. The Morgan fingerprint density at radius 3 is 2.79 bits per heavy atom. The van der Waals surface area contributed by atoms with E-state index in [4.69, 9.17) is 11.6 Å². The van der Waals surface area contributed by atoms with Crippen LogP contribution in [0.4, 0.5) is 5.69 Å². The summed E-state index contributed by atoms with van der Waals surface area (Å²) in [6.07, 6.45) is 0. The molecule has 0 aromatic heterocycles. The molecule has 0 amide bonds.